The van der Waals surface area contributed by atoms with Gasteiger partial charge in [-0.15, -0.1) is 0 Å². The fraction of sp³-hybridized carbons (Fsp3) is 0.0455. The molecule has 49 heavy (non-hydrogen) atoms. The van der Waals surface area contributed by atoms with E-state index in [9.17, 15) is 0 Å². The zero-order valence-electron chi connectivity index (χ0n) is 26.5. The lowest BCUT2D eigenvalue weighted by Gasteiger charge is -2.28. The monoisotopic (exact) mass is 628 g/mol. The second kappa shape index (κ2) is 10.0. The highest BCUT2D eigenvalue weighted by atomic mass is 16.5. The van der Waals surface area contributed by atoms with Gasteiger partial charge in [0.15, 0.2) is 5.82 Å². The number of ether oxygens (including phenoxy) is 1. The quantitative estimate of drug-likeness (QED) is 0.191. The van der Waals surface area contributed by atoms with E-state index >= 15 is 0 Å². The van der Waals surface area contributed by atoms with E-state index in [4.69, 9.17) is 14.7 Å². The summed E-state index contributed by atoms with van der Waals surface area (Å²) in [5.41, 5.74) is 11.1. The molecule has 0 atom stereocenters. The van der Waals surface area contributed by atoms with Crippen LogP contribution in [0, 0.1) is 0 Å². The molecule has 0 N–H and O–H groups in total. The number of nitrogens with zero attached hydrogens (tertiary/aromatic N) is 4. The maximum atomic E-state index is 6.23. The highest BCUT2D eigenvalue weighted by Gasteiger charge is 2.30. The standard InChI is InChI=1S/C44H28N4O/c1-2-11-29-25-38-34(24-28(29)10-1)32-13-4-7-17-37(32)47(41-26-30-12-3-6-16-36(30)48(38)41)31-22-20-27(21-23-31)44-45-35-15-9-19-40-42(35)43(46-44)33-14-5-8-18-39(33)49-40/h1-3,5-12,14-26H,4,13H2. The zero-order valence-corrected chi connectivity index (χ0v) is 26.5. The van der Waals surface area contributed by atoms with Crippen LogP contribution in [0.1, 0.15) is 18.4 Å². The molecule has 0 bridgehead atoms. The van der Waals surface area contributed by atoms with Gasteiger partial charge >= 0.3 is 0 Å². The van der Waals surface area contributed by atoms with Crippen LogP contribution in [0.2, 0.25) is 0 Å². The number of benzene rings is 6. The van der Waals surface area contributed by atoms with Crippen molar-refractivity contribution in [3.8, 4) is 39.8 Å². The third-order valence-electron chi connectivity index (χ3n) is 10.2. The summed E-state index contributed by atoms with van der Waals surface area (Å²) >= 11 is 0. The SMILES string of the molecule is C1=CC2=C(CC1)c1cc3ccccc3cc1-n1c(cc3ccccc31)N2c1ccc(-c2nc3c4c(cccc4n2)Oc2ccccc2-3)cc1. The number of allylic oxidation sites excluding steroid dienone is 3. The summed E-state index contributed by atoms with van der Waals surface area (Å²) in [7, 11) is 0. The zero-order chi connectivity index (χ0) is 32.1. The Morgan fingerprint density at radius 1 is 0.633 bits per heavy atom. The van der Waals surface area contributed by atoms with Gasteiger partial charge in [0, 0.05) is 27.8 Å². The Bertz CT molecular complexity index is 2750. The maximum absolute atomic E-state index is 6.23. The van der Waals surface area contributed by atoms with Crippen LogP contribution in [0.25, 0.3) is 66.5 Å². The molecular weight excluding hydrogens is 601 g/mol. The van der Waals surface area contributed by atoms with Crippen LogP contribution >= 0.6 is 0 Å². The highest BCUT2D eigenvalue weighted by Crippen LogP contribution is 2.48. The van der Waals surface area contributed by atoms with Gasteiger partial charge in [-0.05, 0) is 108 Å². The van der Waals surface area contributed by atoms with Gasteiger partial charge in [0.05, 0.1) is 33.5 Å². The second-order valence-corrected chi connectivity index (χ2v) is 12.9. The van der Waals surface area contributed by atoms with Crippen LogP contribution in [-0.2, 0) is 0 Å². The van der Waals surface area contributed by atoms with Gasteiger partial charge in [-0.2, -0.15) is 0 Å². The molecule has 1 aliphatic carbocycles. The smallest absolute Gasteiger partial charge is 0.160 e. The van der Waals surface area contributed by atoms with E-state index in [1.807, 2.05) is 36.4 Å². The average molecular weight is 629 g/mol. The van der Waals surface area contributed by atoms with Crippen molar-refractivity contribution in [2.45, 2.75) is 12.8 Å². The average Bonchev–Trinajstić information content (AvgIpc) is 3.49. The van der Waals surface area contributed by atoms with Crippen LogP contribution in [-0.4, -0.2) is 14.5 Å². The van der Waals surface area contributed by atoms with Crippen molar-refractivity contribution >= 4 is 49.7 Å². The van der Waals surface area contributed by atoms with E-state index in [0.29, 0.717) is 5.82 Å². The molecule has 0 unspecified atom stereocenters. The molecule has 230 valence electrons. The van der Waals surface area contributed by atoms with Gasteiger partial charge in [-0.1, -0.05) is 66.7 Å². The molecule has 6 aromatic carbocycles. The van der Waals surface area contributed by atoms with Gasteiger partial charge in [0.25, 0.3) is 0 Å². The number of hydrogen-bond donors (Lipinski definition) is 0. The molecule has 0 saturated carbocycles. The lowest BCUT2D eigenvalue weighted by molar-refractivity contribution is 0.486. The summed E-state index contributed by atoms with van der Waals surface area (Å²) < 4.78 is 8.68. The van der Waals surface area contributed by atoms with Crippen LogP contribution in [0.15, 0.2) is 151 Å². The first kappa shape index (κ1) is 26.6. The predicted molar refractivity (Wildman–Crippen MR) is 199 cm³/mol. The minimum Gasteiger partial charge on any atom is -0.456 e. The minimum atomic E-state index is 0.699. The van der Waals surface area contributed by atoms with Crippen molar-refractivity contribution < 1.29 is 4.74 Å². The van der Waals surface area contributed by atoms with Crippen molar-refractivity contribution in [3.63, 3.8) is 0 Å². The molecule has 8 aromatic rings. The Labute approximate surface area is 282 Å². The van der Waals surface area contributed by atoms with E-state index in [1.165, 1.54) is 44.2 Å². The first-order valence-corrected chi connectivity index (χ1v) is 16.8. The number of fused-ring (bicyclic) bond motifs is 9. The normalized spacial score (nSPS) is 14.3. The molecule has 0 saturated heterocycles. The van der Waals surface area contributed by atoms with Crippen molar-refractivity contribution in [3.05, 3.63) is 157 Å². The molecule has 2 aliphatic heterocycles. The largest absolute Gasteiger partial charge is 0.456 e. The van der Waals surface area contributed by atoms with E-state index in [0.717, 1.165) is 63.6 Å². The molecular formula is C44H28N4O. The van der Waals surface area contributed by atoms with Gasteiger partial charge in [-0.3, -0.25) is 9.47 Å². The van der Waals surface area contributed by atoms with Crippen LogP contribution in [0.3, 0.4) is 0 Å². The van der Waals surface area contributed by atoms with Gasteiger partial charge < -0.3 is 4.74 Å². The van der Waals surface area contributed by atoms with Gasteiger partial charge in [-0.25, -0.2) is 9.97 Å². The maximum Gasteiger partial charge on any atom is 0.160 e. The number of anilines is 2. The third kappa shape index (κ3) is 3.87. The molecule has 3 aliphatic rings. The lowest BCUT2D eigenvalue weighted by atomic mass is 9.91. The Morgan fingerprint density at radius 2 is 1.41 bits per heavy atom. The second-order valence-electron chi connectivity index (χ2n) is 12.9. The number of hydrogen-bond acceptors (Lipinski definition) is 4. The van der Waals surface area contributed by atoms with E-state index in [1.54, 1.807) is 0 Å². The summed E-state index contributed by atoms with van der Waals surface area (Å²) in [4.78, 5) is 12.6. The molecule has 11 rings (SSSR count). The molecule has 0 radical (unpaired) electrons. The Morgan fingerprint density at radius 3 is 2.31 bits per heavy atom. The van der Waals surface area contributed by atoms with Crippen LogP contribution in [0.4, 0.5) is 11.5 Å². The predicted octanol–water partition coefficient (Wildman–Crippen LogP) is 11.4. The first-order chi connectivity index (χ1) is 24.3. The van der Waals surface area contributed by atoms with Gasteiger partial charge in [0.1, 0.15) is 17.3 Å². The molecule has 5 heteroatoms. The summed E-state index contributed by atoms with van der Waals surface area (Å²) in [6.07, 6.45) is 6.62. The molecule has 0 spiro atoms. The number of rotatable bonds is 2. The highest BCUT2D eigenvalue weighted by molar-refractivity contribution is 6.02. The van der Waals surface area contributed by atoms with Gasteiger partial charge in [0.2, 0.25) is 0 Å². The molecule has 2 aromatic heterocycles. The molecule has 5 nitrogen and oxygen atoms in total. The van der Waals surface area contributed by atoms with E-state index in [-0.39, 0.29) is 0 Å². The first-order valence-electron chi connectivity index (χ1n) is 16.8. The number of para-hydroxylation sites is 2. The van der Waals surface area contributed by atoms with Crippen LogP contribution < -0.4 is 9.64 Å². The van der Waals surface area contributed by atoms with Crippen molar-refractivity contribution in [2.24, 2.45) is 0 Å². The molecule has 0 fully saturated rings. The summed E-state index contributed by atoms with van der Waals surface area (Å²) in [5, 5.41) is 4.67. The minimum absolute atomic E-state index is 0.699. The summed E-state index contributed by atoms with van der Waals surface area (Å²) in [5.74, 6) is 3.43. The topological polar surface area (TPSA) is 43.2 Å². The van der Waals surface area contributed by atoms with Crippen LogP contribution in [0.5, 0.6) is 11.5 Å². The van der Waals surface area contributed by atoms with Crippen molar-refractivity contribution in [1.29, 1.82) is 0 Å². The fourth-order valence-corrected chi connectivity index (χ4v) is 7.93. The van der Waals surface area contributed by atoms with Crippen molar-refractivity contribution in [1.82, 2.24) is 14.5 Å². The van der Waals surface area contributed by atoms with Crippen molar-refractivity contribution in [2.75, 3.05) is 4.90 Å². The Balaban J connectivity index is 1.11. The molecule has 0 amide bonds. The summed E-state index contributed by atoms with van der Waals surface area (Å²) in [6.45, 7) is 0. The fourth-order valence-electron chi connectivity index (χ4n) is 7.93. The molecule has 4 heterocycles. The van der Waals surface area contributed by atoms with E-state index in [2.05, 4.69) is 119 Å². The lowest BCUT2D eigenvalue weighted by Crippen LogP contribution is -2.18. The summed E-state index contributed by atoms with van der Waals surface area (Å²) in [6, 6.07) is 47.4. The Kier molecular flexibility index (Phi) is 5.44. The third-order valence-corrected chi connectivity index (χ3v) is 10.2. The Hall–Kier alpha value is -6.46. The number of aromatic nitrogens is 3. The van der Waals surface area contributed by atoms with E-state index < -0.39 is 0 Å².